The zero-order chi connectivity index (χ0) is 14.4. The molecule has 1 aliphatic carbocycles. The van der Waals surface area contributed by atoms with Crippen LogP contribution in [0, 0.1) is 0 Å². The van der Waals surface area contributed by atoms with E-state index >= 15 is 0 Å². The molecule has 2 rings (SSSR count). The summed E-state index contributed by atoms with van der Waals surface area (Å²) in [6, 6.07) is 9.40. The van der Waals surface area contributed by atoms with E-state index in [-0.39, 0.29) is 0 Å². The van der Waals surface area contributed by atoms with Crippen LogP contribution in [-0.4, -0.2) is 51.3 Å². The lowest BCUT2D eigenvalue weighted by molar-refractivity contribution is 0.159. The molecular weight excluding hydrogens is 316 g/mol. The number of halogens is 1. The molecule has 1 aliphatic rings. The van der Waals surface area contributed by atoms with Gasteiger partial charge in [0.25, 0.3) is 0 Å². The van der Waals surface area contributed by atoms with Crippen LogP contribution in [0.3, 0.4) is 0 Å². The summed E-state index contributed by atoms with van der Waals surface area (Å²) in [5.74, 6) is 0.733. The zero-order valence-electron chi connectivity index (χ0n) is 12.4. The molecule has 0 amide bonds. The maximum Gasteiger partial charge on any atom is 0.0589 e. The van der Waals surface area contributed by atoms with Crippen LogP contribution in [0.25, 0.3) is 0 Å². The number of nitrogens with zero attached hydrogens (tertiary/aromatic N) is 1. The fourth-order valence-electron chi connectivity index (χ4n) is 2.64. The molecule has 20 heavy (non-hydrogen) atoms. The third-order valence-corrected chi connectivity index (χ3v) is 4.56. The number of likely N-dealkylation sites (N-methyl/N-ethyl adjacent to an activating group) is 1. The van der Waals surface area contributed by atoms with Crippen LogP contribution in [0.4, 0.5) is 0 Å². The molecule has 3 nitrogen and oxygen atoms in total. The quantitative estimate of drug-likeness (QED) is 0.787. The minimum absolute atomic E-state index is 0.690. The molecule has 0 heterocycles. The van der Waals surface area contributed by atoms with Gasteiger partial charge in [0.1, 0.15) is 0 Å². The number of methoxy groups -OCH3 is 1. The molecule has 0 bridgehead atoms. The molecule has 1 N–H and O–H groups in total. The molecule has 1 fully saturated rings. The SMILES string of the molecule is COCCN(C)CCNC1CC(c2cccc(Br)c2)C1. The lowest BCUT2D eigenvalue weighted by Crippen LogP contribution is -2.43. The number of rotatable bonds is 8. The number of hydrogen-bond donors (Lipinski definition) is 1. The highest BCUT2D eigenvalue weighted by molar-refractivity contribution is 9.10. The van der Waals surface area contributed by atoms with Crippen LogP contribution < -0.4 is 5.32 Å². The fourth-order valence-corrected chi connectivity index (χ4v) is 3.05. The van der Waals surface area contributed by atoms with E-state index < -0.39 is 0 Å². The van der Waals surface area contributed by atoms with Crippen molar-refractivity contribution in [3.8, 4) is 0 Å². The predicted molar refractivity (Wildman–Crippen MR) is 87.3 cm³/mol. The first-order valence-corrected chi connectivity index (χ1v) is 8.14. The lowest BCUT2D eigenvalue weighted by Gasteiger charge is -2.37. The molecule has 4 heteroatoms. The highest BCUT2D eigenvalue weighted by atomic mass is 79.9. The van der Waals surface area contributed by atoms with E-state index in [4.69, 9.17) is 4.74 Å². The Bertz CT molecular complexity index is 407. The number of ether oxygens (including phenoxy) is 1. The van der Waals surface area contributed by atoms with Crippen molar-refractivity contribution in [3.63, 3.8) is 0 Å². The maximum absolute atomic E-state index is 5.08. The number of benzene rings is 1. The van der Waals surface area contributed by atoms with Crippen LogP contribution in [0.2, 0.25) is 0 Å². The third-order valence-electron chi connectivity index (χ3n) is 4.06. The smallest absolute Gasteiger partial charge is 0.0589 e. The Kier molecular flexibility index (Phi) is 6.49. The Morgan fingerprint density at radius 2 is 2.15 bits per heavy atom. The van der Waals surface area contributed by atoms with Gasteiger partial charge < -0.3 is 15.0 Å². The van der Waals surface area contributed by atoms with E-state index in [0.29, 0.717) is 6.04 Å². The largest absolute Gasteiger partial charge is 0.383 e. The normalized spacial score (nSPS) is 22.0. The van der Waals surface area contributed by atoms with Gasteiger partial charge in [-0.05, 0) is 43.5 Å². The van der Waals surface area contributed by atoms with Crippen molar-refractivity contribution in [2.75, 3.05) is 40.4 Å². The summed E-state index contributed by atoms with van der Waals surface area (Å²) < 4.78 is 6.27. The maximum atomic E-state index is 5.08. The van der Waals surface area contributed by atoms with Gasteiger partial charge in [-0.15, -0.1) is 0 Å². The lowest BCUT2D eigenvalue weighted by atomic mass is 9.76. The first kappa shape index (κ1) is 16.0. The van der Waals surface area contributed by atoms with Crippen molar-refractivity contribution < 1.29 is 4.74 Å². The van der Waals surface area contributed by atoms with Gasteiger partial charge in [0.15, 0.2) is 0 Å². The van der Waals surface area contributed by atoms with E-state index in [0.717, 1.165) is 32.2 Å². The van der Waals surface area contributed by atoms with E-state index in [1.807, 2.05) is 0 Å². The average molecular weight is 341 g/mol. The Morgan fingerprint density at radius 3 is 2.85 bits per heavy atom. The fraction of sp³-hybridized carbons (Fsp3) is 0.625. The van der Waals surface area contributed by atoms with Crippen molar-refractivity contribution in [1.82, 2.24) is 10.2 Å². The minimum Gasteiger partial charge on any atom is -0.383 e. The number of nitrogens with one attached hydrogen (secondary N) is 1. The summed E-state index contributed by atoms with van der Waals surface area (Å²) in [7, 11) is 3.90. The van der Waals surface area contributed by atoms with Gasteiger partial charge in [-0.3, -0.25) is 0 Å². The van der Waals surface area contributed by atoms with Crippen LogP contribution >= 0.6 is 15.9 Å². The molecule has 1 aromatic rings. The minimum atomic E-state index is 0.690. The molecule has 0 aliphatic heterocycles. The van der Waals surface area contributed by atoms with Crippen LogP contribution in [0.1, 0.15) is 24.3 Å². The van der Waals surface area contributed by atoms with Gasteiger partial charge in [-0.1, -0.05) is 28.1 Å². The summed E-state index contributed by atoms with van der Waals surface area (Å²) in [4.78, 5) is 2.31. The topological polar surface area (TPSA) is 24.5 Å². The van der Waals surface area contributed by atoms with Crippen LogP contribution in [0.15, 0.2) is 28.7 Å². The van der Waals surface area contributed by atoms with Crippen molar-refractivity contribution in [2.45, 2.75) is 24.8 Å². The Balaban J connectivity index is 1.60. The van der Waals surface area contributed by atoms with Crippen LogP contribution in [0.5, 0.6) is 0 Å². The van der Waals surface area contributed by atoms with E-state index in [1.54, 1.807) is 7.11 Å². The number of hydrogen-bond acceptors (Lipinski definition) is 3. The van der Waals surface area contributed by atoms with Gasteiger partial charge in [0, 0.05) is 37.3 Å². The van der Waals surface area contributed by atoms with Gasteiger partial charge in [0.05, 0.1) is 6.61 Å². The average Bonchev–Trinajstić information content (AvgIpc) is 2.39. The summed E-state index contributed by atoms with van der Waals surface area (Å²) in [6.07, 6.45) is 2.52. The highest BCUT2D eigenvalue weighted by Crippen LogP contribution is 2.37. The second-order valence-electron chi connectivity index (χ2n) is 5.67. The third kappa shape index (κ3) is 4.85. The van der Waals surface area contributed by atoms with E-state index in [9.17, 15) is 0 Å². The van der Waals surface area contributed by atoms with Crippen molar-refractivity contribution in [3.05, 3.63) is 34.3 Å². The molecule has 0 spiro atoms. The van der Waals surface area contributed by atoms with Gasteiger partial charge in [-0.25, -0.2) is 0 Å². The molecule has 1 aromatic carbocycles. The summed E-state index contributed by atoms with van der Waals surface area (Å²) >= 11 is 3.55. The second kappa shape index (κ2) is 8.13. The first-order valence-electron chi connectivity index (χ1n) is 7.35. The summed E-state index contributed by atoms with van der Waals surface area (Å²) in [5.41, 5.74) is 1.47. The Labute approximate surface area is 130 Å². The van der Waals surface area contributed by atoms with E-state index in [2.05, 4.69) is 57.5 Å². The van der Waals surface area contributed by atoms with Crippen molar-refractivity contribution in [1.29, 1.82) is 0 Å². The Morgan fingerprint density at radius 1 is 1.35 bits per heavy atom. The highest BCUT2D eigenvalue weighted by Gasteiger charge is 2.29. The standard InChI is InChI=1S/C16H25BrN2O/c1-19(8-9-20-2)7-6-18-16-11-14(12-16)13-4-3-5-15(17)10-13/h3-5,10,14,16,18H,6-9,11-12H2,1-2H3. The van der Waals surface area contributed by atoms with Crippen molar-refractivity contribution >= 4 is 15.9 Å². The van der Waals surface area contributed by atoms with Gasteiger partial charge in [0.2, 0.25) is 0 Å². The molecule has 0 unspecified atom stereocenters. The van der Waals surface area contributed by atoms with E-state index in [1.165, 1.54) is 22.9 Å². The zero-order valence-corrected chi connectivity index (χ0v) is 14.0. The van der Waals surface area contributed by atoms with Crippen LogP contribution in [-0.2, 0) is 4.74 Å². The molecule has 0 aromatic heterocycles. The monoisotopic (exact) mass is 340 g/mol. The summed E-state index contributed by atoms with van der Waals surface area (Å²) in [6.45, 7) is 3.96. The van der Waals surface area contributed by atoms with Gasteiger partial charge >= 0.3 is 0 Å². The molecule has 0 atom stereocenters. The molecular formula is C16H25BrN2O. The second-order valence-corrected chi connectivity index (χ2v) is 6.59. The predicted octanol–water partition coefficient (Wildman–Crippen LogP) is 2.86. The molecule has 1 saturated carbocycles. The van der Waals surface area contributed by atoms with Crippen molar-refractivity contribution in [2.24, 2.45) is 0 Å². The molecule has 0 saturated heterocycles. The molecule has 112 valence electrons. The van der Waals surface area contributed by atoms with Gasteiger partial charge in [-0.2, -0.15) is 0 Å². The first-order chi connectivity index (χ1) is 9.69. The Hall–Kier alpha value is -0.420. The summed E-state index contributed by atoms with van der Waals surface area (Å²) in [5, 5.41) is 3.65. The molecule has 0 radical (unpaired) electrons.